The molecule has 2 aliphatic rings. The molecule has 2 fully saturated rings. The van der Waals surface area contributed by atoms with E-state index in [4.69, 9.17) is 9.47 Å². The van der Waals surface area contributed by atoms with Gasteiger partial charge in [-0.1, -0.05) is 30.3 Å². The third-order valence-electron chi connectivity index (χ3n) is 6.22. The Balaban J connectivity index is 1.49. The average molecular weight is 424 g/mol. The molecule has 2 aromatic carbocycles. The predicted octanol–water partition coefficient (Wildman–Crippen LogP) is 3.75. The van der Waals surface area contributed by atoms with Crippen LogP contribution in [0.4, 0.5) is 10.5 Å². The van der Waals surface area contributed by atoms with Crippen molar-refractivity contribution in [2.75, 3.05) is 32.6 Å². The Morgan fingerprint density at radius 1 is 1.10 bits per heavy atom. The summed E-state index contributed by atoms with van der Waals surface area (Å²) in [5.41, 5.74) is 1.68. The first-order chi connectivity index (χ1) is 15.1. The van der Waals surface area contributed by atoms with Crippen molar-refractivity contribution in [1.82, 2.24) is 9.80 Å². The number of methoxy groups -OCH3 is 2. The Hall–Kier alpha value is -3.22. The molecule has 2 heterocycles. The minimum absolute atomic E-state index is 0.0353. The number of urea groups is 1. The molecule has 2 aromatic rings. The molecule has 164 valence electrons. The molecule has 3 amide bonds. The summed E-state index contributed by atoms with van der Waals surface area (Å²) in [4.78, 5) is 29.7. The van der Waals surface area contributed by atoms with E-state index >= 15 is 0 Å². The van der Waals surface area contributed by atoms with Crippen molar-refractivity contribution >= 4 is 17.6 Å². The second-order valence-corrected chi connectivity index (χ2v) is 8.13. The average Bonchev–Trinajstić information content (AvgIpc) is 3.16. The number of nitrogens with one attached hydrogen (secondary N) is 1. The van der Waals surface area contributed by atoms with Crippen LogP contribution in [0.3, 0.4) is 0 Å². The van der Waals surface area contributed by atoms with Crippen molar-refractivity contribution in [3.05, 3.63) is 54.1 Å². The molecule has 2 saturated heterocycles. The summed E-state index contributed by atoms with van der Waals surface area (Å²) in [7, 11) is 3.15. The van der Waals surface area contributed by atoms with Crippen LogP contribution in [-0.2, 0) is 11.3 Å². The van der Waals surface area contributed by atoms with Gasteiger partial charge in [0.15, 0.2) is 0 Å². The van der Waals surface area contributed by atoms with Gasteiger partial charge >= 0.3 is 6.03 Å². The summed E-state index contributed by atoms with van der Waals surface area (Å²) in [6, 6.07) is 15.2. The Bertz CT molecular complexity index is 934. The van der Waals surface area contributed by atoms with E-state index in [1.165, 1.54) is 0 Å². The van der Waals surface area contributed by atoms with Crippen molar-refractivity contribution in [3.63, 3.8) is 0 Å². The zero-order valence-corrected chi connectivity index (χ0v) is 18.0. The molecule has 0 aromatic heterocycles. The lowest BCUT2D eigenvalue weighted by Gasteiger charge is -2.30. The summed E-state index contributed by atoms with van der Waals surface area (Å²) >= 11 is 0. The first kappa shape index (κ1) is 21.0. The molecule has 7 nitrogen and oxygen atoms in total. The fourth-order valence-electron chi connectivity index (χ4n) is 4.59. The second-order valence-electron chi connectivity index (χ2n) is 8.13. The fourth-order valence-corrected chi connectivity index (χ4v) is 4.59. The SMILES string of the molecule is COc1ccc(OC)c(NC(=O)N2C[C@H]3CCCC(=O)N(Cc4ccccc4)[C@H]3C2)c1. The Kier molecular flexibility index (Phi) is 6.30. The highest BCUT2D eigenvalue weighted by molar-refractivity contribution is 5.91. The van der Waals surface area contributed by atoms with Gasteiger partial charge in [0.25, 0.3) is 0 Å². The number of carbonyl (C=O) groups excluding carboxylic acids is 2. The van der Waals surface area contributed by atoms with Crippen LogP contribution in [0.5, 0.6) is 11.5 Å². The number of fused-ring (bicyclic) bond motifs is 1. The second kappa shape index (κ2) is 9.29. The molecule has 31 heavy (non-hydrogen) atoms. The van der Waals surface area contributed by atoms with Crippen LogP contribution in [-0.4, -0.2) is 55.1 Å². The lowest BCUT2D eigenvalue weighted by Crippen LogP contribution is -2.43. The number of nitrogens with zero attached hydrogens (tertiary/aromatic N) is 2. The highest BCUT2D eigenvalue weighted by atomic mass is 16.5. The molecule has 0 spiro atoms. The molecule has 2 aliphatic heterocycles. The Morgan fingerprint density at radius 3 is 2.65 bits per heavy atom. The lowest BCUT2D eigenvalue weighted by molar-refractivity contribution is -0.133. The third-order valence-corrected chi connectivity index (χ3v) is 6.22. The van der Waals surface area contributed by atoms with Crippen LogP contribution in [0.25, 0.3) is 0 Å². The van der Waals surface area contributed by atoms with Crippen molar-refractivity contribution in [2.24, 2.45) is 5.92 Å². The maximum Gasteiger partial charge on any atom is 0.322 e. The quantitative estimate of drug-likeness (QED) is 0.795. The van der Waals surface area contributed by atoms with E-state index in [2.05, 4.69) is 5.32 Å². The van der Waals surface area contributed by atoms with Gasteiger partial charge in [0.1, 0.15) is 11.5 Å². The molecule has 0 unspecified atom stereocenters. The largest absolute Gasteiger partial charge is 0.497 e. The van der Waals surface area contributed by atoms with Gasteiger partial charge in [0.05, 0.1) is 25.9 Å². The molecule has 0 saturated carbocycles. The Labute approximate surface area is 182 Å². The third kappa shape index (κ3) is 4.60. The summed E-state index contributed by atoms with van der Waals surface area (Å²) in [5.74, 6) is 1.67. The van der Waals surface area contributed by atoms with E-state index in [9.17, 15) is 9.59 Å². The number of benzene rings is 2. The first-order valence-electron chi connectivity index (χ1n) is 10.7. The molecule has 0 bridgehead atoms. The number of anilines is 1. The number of likely N-dealkylation sites (tertiary alicyclic amines) is 2. The normalized spacial score (nSPS) is 20.8. The van der Waals surface area contributed by atoms with Gasteiger partial charge < -0.3 is 24.6 Å². The standard InChI is InChI=1S/C24H29N3O4/c1-30-19-11-12-22(31-2)20(13-19)25-24(29)26-15-18-9-6-10-23(28)27(21(18)16-26)14-17-7-4-3-5-8-17/h3-5,7-8,11-13,18,21H,6,9-10,14-16H2,1-2H3,(H,25,29)/t18-,21+/m1/s1. The highest BCUT2D eigenvalue weighted by Crippen LogP contribution is 2.33. The topological polar surface area (TPSA) is 71.1 Å². The van der Waals surface area contributed by atoms with E-state index in [1.807, 2.05) is 40.1 Å². The number of hydrogen-bond acceptors (Lipinski definition) is 4. The summed E-state index contributed by atoms with van der Waals surface area (Å²) < 4.78 is 10.6. The number of amides is 3. The van der Waals surface area contributed by atoms with Crippen LogP contribution in [0.2, 0.25) is 0 Å². The number of ether oxygens (including phenoxy) is 2. The molecular formula is C24H29N3O4. The van der Waals surface area contributed by atoms with Crippen LogP contribution in [0, 0.1) is 5.92 Å². The van der Waals surface area contributed by atoms with Crippen molar-refractivity contribution in [2.45, 2.75) is 31.8 Å². The van der Waals surface area contributed by atoms with Gasteiger partial charge in [0.2, 0.25) is 5.91 Å². The van der Waals surface area contributed by atoms with Gasteiger partial charge in [-0.05, 0) is 36.5 Å². The van der Waals surface area contributed by atoms with Crippen LogP contribution in [0.15, 0.2) is 48.5 Å². The van der Waals surface area contributed by atoms with Gasteiger partial charge in [0, 0.05) is 32.1 Å². The smallest absolute Gasteiger partial charge is 0.322 e. The molecule has 1 N–H and O–H groups in total. The van der Waals surface area contributed by atoms with Crippen molar-refractivity contribution < 1.29 is 19.1 Å². The van der Waals surface area contributed by atoms with Crippen LogP contribution in [0.1, 0.15) is 24.8 Å². The summed E-state index contributed by atoms with van der Waals surface area (Å²) in [6.45, 7) is 1.75. The van der Waals surface area contributed by atoms with Gasteiger partial charge in [-0.2, -0.15) is 0 Å². The highest BCUT2D eigenvalue weighted by Gasteiger charge is 2.41. The summed E-state index contributed by atoms with van der Waals surface area (Å²) in [6.07, 6.45) is 2.39. The van der Waals surface area contributed by atoms with Crippen LogP contribution < -0.4 is 14.8 Å². The molecule has 0 radical (unpaired) electrons. The van der Waals surface area contributed by atoms with Gasteiger partial charge in [-0.25, -0.2) is 4.79 Å². The first-order valence-corrected chi connectivity index (χ1v) is 10.7. The van der Waals surface area contributed by atoms with Crippen molar-refractivity contribution in [1.29, 1.82) is 0 Å². The van der Waals surface area contributed by atoms with E-state index < -0.39 is 0 Å². The van der Waals surface area contributed by atoms with E-state index in [0.29, 0.717) is 43.2 Å². The monoisotopic (exact) mass is 423 g/mol. The van der Waals surface area contributed by atoms with E-state index in [-0.39, 0.29) is 23.9 Å². The predicted molar refractivity (Wildman–Crippen MR) is 118 cm³/mol. The number of carbonyl (C=O) groups is 2. The van der Waals surface area contributed by atoms with E-state index in [1.54, 1.807) is 32.4 Å². The van der Waals surface area contributed by atoms with Gasteiger partial charge in [-0.3, -0.25) is 4.79 Å². The molecule has 7 heteroatoms. The van der Waals surface area contributed by atoms with E-state index in [0.717, 1.165) is 18.4 Å². The fraction of sp³-hybridized carbons (Fsp3) is 0.417. The molecule has 2 atom stereocenters. The maximum absolute atomic E-state index is 13.1. The van der Waals surface area contributed by atoms with Gasteiger partial charge in [-0.15, -0.1) is 0 Å². The van der Waals surface area contributed by atoms with Crippen LogP contribution >= 0.6 is 0 Å². The zero-order chi connectivity index (χ0) is 21.8. The minimum Gasteiger partial charge on any atom is -0.497 e. The zero-order valence-electron chi connectivity index (χ0n) is 18.0. The number of hydrogen-bond donors (Lipinski definition) is 1. The minimum atomic E-state index is -0.188. The molecule has 4 rings (SSSR count). The van der Waals surface area contributed by atoms with Crippen molar-refractivity contribution in [3.8, 4) is 11.5 Å². The lowest BCUT2D eigenvalue weighted by atomic mass is 9.98. The Morgan fingerprint density at radius 2 is 1.90 bits per heavy atom. The molecule has 0 aliphatic carbocycles. The number of rotatable bonds is 5. The molecular weight excluding hydrogens is 394 g/mol. The maximum atomic E-state index is 13.1. The summed E-state index contributed by atoms with van der Waals surface area (Å²) in [5, 5.41) is 2.96.